The van der Waals surface area contributed by atoms with E-state index in [2.05, 4.69) is 5.32 Å². The van der Waals surface area contributed by atoms with Gasteiger partial charge in [0, 0.05) is 35.5 Å². The summed E-state index contributed by atoms with van der Waals surface area (Å²) in [4.78, 5) is 32.3. The molecule has 0 aliphatic rings. The Morgan fingerprint density at radius 3 is 2.05 bits per heavy atom. The van der Waals surface area contributed by atoms with Gasteiger partial charge in [-0.15, -0.1) is 0 Å². The van der Waals surface area contributed by atoms with E-state index in [0.29, 0.717) is 11.3 Å². The van der Waals surface area contributed by atoms with Crippen LogP contribution in [0.4, 0.5) is 17.1 Å². The molecule has 1 N–H and O–H groups in total. The molecule has 8 nitrogen and oxygen atoms in total. The van der Waals surface area contributed by atoms with Gasteiger partial charge in [0.15, 0.2) is 0 Å². The first-order valence-corrected chi connectivity index (χ1v) is 6.19. The zero-order valence-corrected chi connectivity index (χ0v) is 11.5. The Kier molecular flexibility index (Phi) is 4.12. The molecule has 0 saturated heterocycles. The third-order valence-corrected chi connectivity index (χ3v) is 3.01. The van der Waals surface area contributed by atoms with Crippen LogP contribution in [0.2, 0.25) is 0 Å². The monoisotopic (exact) mass is 301 g/mol. The lowest BCUT2D eigenvalue weighted by Gasteiger charge is -2.07. The van der Waals surface area contributed by atoms with E-state index < -0.39 is 15.8 Å². The minimum absolute atomic E-state index is 0.0930. The molecule has 2 rings (SSSR count). The van der Waals surface area contributed by atoms with Crippen molar-refractivity contribution < 1.29 is 14.6 Å². The molecular weight excluding hydrogens is 290 g/mol. The molecule has 8 heteroatoms. The molecule has 0 bridgehead atoms. The summed E-state index contributed by atoms with van der Waals surface area (Å²) in [6, 6.07) is 9.30. The minimum Gasteiger partial charge on any atom is -0.322 e. The topological polar surface area (TPSA) is 115 Å². The van der Waals surface area contributed by atoms with Gasteiger partial charge in [-0.3, -0.25) is 25.0 Å². The molecule has 2 aromatic rings. The van der Waals surface area contributed by atoms with E-state index in [-0.39, 0.29) is 16.9 Å². The molecule has 0 heterocycles. The maximum absolute atomic E-state index is 12.2. The molecule has 0 radical (unpaired) electrons. The Morgan fingerprint density at radius 2 is 1.50 bits per heavy atom. The Bertz CT molecular complexity index is 756. The number of non-ortho nitro benzene ring substituents is 2. The number of aryl methyl sites for hydroxylation is 1. The van der Waals surface area contributed by atoms with Crippen molar-refractivity contribution in [2.75, 3.05) is 5.32 Å². The van der Waals surface area contributed by atoms with Gasteiger partial charge in [-0.1, -0.05) is 6.07 Å². The molecule has 0 aliphatic carbocycles. The number of rotatable bonds is 4. The van der Waals surface area contributed by atoms with Gasteiger partial charge in [0.2, 0.25) is 0 Å². The predicted octanol–water partition coefficient (Wildman–Crippen LogP) is 3.06. The lowest BCUT2D eigenvalue weighted by atomic mass is 10.1. The fourth-order valence-electron chi connectivity index (χ4n) is 1.83. The summed E-state index contributed by atoms with van der Waals surface area (Å²) in [5.74, 6) is -0.518. The Hall–Kier alpha value is -3.29. The number of nitro groups is 2. The van der Waals surface area contributed by atoms with Crippen molar-refractivity contribution in [3.8, 4) is 0 Å². The van der Waals surface area contributed by atoms with Crippen molar-refractivity contribution in [1.29, 1.82) is 0 Å². The van der Waals surface area contributed by atoms with E-state index >= 15 is 0 Å². The van der Waals surface area contributed by atoms with Crippen LogP contribution < -0.4 is 5.32 Å². The summed E-state index contributed by atoms with van der Waals surface area (Å²) < 4.78 is 0. The van der Waals surface area contributed by atoms with Gasteiger partial charge >= 0.3 is 0 Å². The van der Waals surface area contributed by atoms with Crippen LogP contribution in [0.1, 0.15) is 15.9 Å². The highest BCUT2D eigenvalue weighted by Gasteiger charge is 2.15. The molecule has 0 fully saturated rings. The number of hydrogen-bond acceptors (Lipinski definition) is 5. The third kappa shape index (κ3) is 3.23. The fraction of sp³-hybridized carbons (Fsp3) is 0.0714. The van der Waals surface area contributed by atoms with Gasteiger partial charge in [-0.2, -0.15) is 0 Å². The van der Waals surface area contributed by atoms with Crippen molar-refractivity contribution in [3.05, 3.63) is 73.8 Å². The number of carbonyl (C=O) groups excluding carboxylic acids is 1. The standard InChI is InChI=1S/C14H11N3O5/c1-9-2-5-12(17(21)22)8-13(9)14(18)15-10-3-6-11(7-4-10)16(19)20/h2-8H,1H3,(H,15,18). The first-order valence-electron chi connectivity index (χ1n) is 6.19. The number of amides is 1. The average Bonchev–Trinajstić information content (AvgIpc) is 2.47. The quantitative estimate of drug-likeness (QED) is 0.688. The Morgan fingerprint density at radius 1 is 0.955 bits per heavy atom. The number of anilines is 1. The van der Waals surface area contributed by atoms with Crippen LogP contribution in [-0.4, -0.2) is 15.8 Å². The van der Waals surface area contributed by atoms with Crippen LogP contribution in [0, 0.1) is 27.2 Å². The number of nitrogens with one attached hydrogen (secondary N) is 1. The van der Waals surface area contributed by atoms with E-state index in [4.69, 9.17) is 0 Å². The maximum Gasteiger partial charge on any atom is 0.270 e. The van der Waals surface area contributed by atoms with E-state index in [9.17, 15) is 25.0 Å². The SMILES string of the molecule is Cc1ccc([N+](=O)[O-])cc1C(=O)Nc1ccc([N+](=O)[O-])cc1. The van der Waals surface area contributed by atoms with Gasteiger partial charge in [-0.05, 0) is 24.6 Å². The maximum atomic E-state index is 12.2. The molecule has 0 unspecified atom stereocenters. The van der Waals surface area contributed by atoms with Crippen LogP contribution in [0.3, 0.4) is 0 Å². The molecule has 112 valence electrons. The van der Waals surface area contributed by atoms with Crippen molar-refractivity contribution in [1.82, 2.24) is 0 Å². The van der Waals surface area contributed by atoms with Crippen LogP contribution in [0.5, 0.6) is 0 Å². The second kappa shape index (κ2) is 6.00. The molecule has 1 amide bonds. The summed E-state index contributed by atoms with van der Waals surface area (Å²) in [5.41, 5.74) is 0.850. The smallest absolute Gasteiger partial charge is 0.270 e. The van der Waals surface area contributed by atoms with Gasteiger partial charge < -0.3 is 5.32 Å². The summed E-state index contributed by atoms with van der Waals surface area (Å²) in [6.45, 7) is 1.66. The highest BCUT2D eigenvalue weighted by molar-refractivity contribution is 6.05. The second-order valence-electron chi connectivity index (χ2n) is 4.51. The number of nitro benzene ring substituents is 2. The molecule has 0 aromatic heterocycles. The van der Waals surface area contributed by atoms with E-state index in [0.717, 1.165) is 0 Å². The highest BCUT2D eigenvalue weighted by atomic mass is 16.6. The first-order chi connectivity index (χ1) is 10.4. The highest BCUT2D eigenvalue weighted by Crippen LogP contribution is 2.20. The number of nitrogens with zero attached hydrogens (tertiary/aromatic N) is 2. The molecule has 0 atom stereocenters. The Balaban J connectivity index is 2.23. The van der Waals surface area contributed by atoms with Gasteiger partial charge in [0.25, 0.3) is 17.3 Å². The fourth-order valence-corrected chi connectivity index (χ4v) is 1.83. The van der Waals surface area contributed by atoms with E-state index in [1.54, 1.807) is 6.92 Å². The van der Waals surface area contributed by atoms with Crippen molar-refractivity contribution >= 4 is 23.0 Å². The summed E-state index contributed by atoms with van der Waals surface area (Å²) in [5, 5.41) is 23.9. The lowest BCUT2D eigenvalue weighted by Crippen LogP contribution is -2.13. The molecule has 22 heavy (non-hydrogen) atoms. The van der Waals surface area contributed by atoms with Gasteiger partial charge in [0.1, 0.15) is 0 Å². The summed E-state index contributed by atoms with van der Waals surface area (Å²) in [6.07, 6.45) is 0. The normalized spacial score (nSPS) is 10.0. The number of benzene rings is 2. The summed E-state index contributed by atoms with van der Waals surface area (Å²) in [7, 11) is 0. The van der Waals surface area contributed by atoms with Crippen molar-refractivity contribution in [2.45, 2.75) is 6.92 Å². The Labute approximate surface area is 124 Å². The average molecular weight is 301 g/mol. The van der Waals surface area contributed by atoms with Crippen molar-refractivity contribution in [3.63, 3.8) is 0 Å². The molecule has 0 aliphatic heterocycles. The zero-order valence-electron chi connectivity index (χ0n) is 11.5. The van der Waals surface area contributed by atoms with Crippen LogP contribution in [0.25, 0.3) is 0 Å². The van der Waals surface area contributed by atoms with Crippen LogP contribution in [-0.2, 0) is 0 Å². The molecule has 2 aromatic carbocycles. The zero-order chi connectivity index (χ0) is 16.3. The number of carbonyl (C=O) groups is 1. The molecule has 0 saturated carbocycles. The second-order valence-corrected chi connectivity index (χ2v) is 4.51. The lowest BCUT2D eigenvalue weighted by molar-refractivity contribution is -0.385. The largest absolute Gasteiger partial charge is 0.322 e. The van der Waals surface area contributed by atoms with Gasteiger partial charge in [-0.25, -0.2) is 0 Å². The van der Waals surface area contributed by atoms with Crippen LogP contribution in [0.15, 0.2) is 42.5 Å². The first kappa shape index (κ1) is 15.1. The predicted molar refractivity (Wildman–Crippen MR) is 78.9 cm³/mol. The third-order valence-electron chi connectivity index (χ3n) is 3.01. The molecule has 0 spiro atoms. The van der Waals surface area contributed by atoms with Gasteiger partial charge in [0.05, 0.1) is 9.85 Å². The number of hydrogen-bond donors (Lipinski definition) is 1. The van der Waals surface area contributed by atoms with Crippen molar-refractivity contribution in [2.24, 2.45) is 0 Å². The summed E-state index contributed by atoms with van der Waals surface area (Å²) >= 11 is 0. The van der Waals surface area contributed by atoms with E-state index in [1.165, 1.54) is 42.5 Å². The molecular formula is C14H11N3O5. The van der Waals surface area contributed by atoms with E-state index in [1.807, 2.05) is 0 Å². The minimum atomic E-state index is -0.581. The van der Waals surface area contributed by atoms with Crippen LogP contribution >= 0.6 is 0 Å².